The molecule has 0 bridgehead atoms. The molecule has 0 heterocycles. The standard InChI is InChI=1S/C18H27NO3S/c1-3-22-16-12-15(18(16)23-2)19-14(9-10-17(20)21)11-13-7-5-4-6-8-13/h4-8,14-16,18-19H,3,9-12H2,1-2H3,(H,20,21). The van der Waals surface area contributed by atoms with Crippen LogP contribution in [-0.2, 0) is 16.0 Å². The molecule has 1 aromatic rings. The summed E-state index contributed by atoms with van der Waals surface area (Å²) in [4.78, 5) is 10.9. The maximum absolute atomic E-state index is 10.9. The molecule has 0 aliphatic heterocycles. The van der Waals surface area contributed by atoms with Crippen LogP contribution in [0.1, 0.15) is 31.7 Å². The lowest BCUT2D eigenvalue weighted by Gasteiger charge is -2.45. The number of ether oxygens (including phenoxy) is 1. The summed E-state index contributed by atoms with van der Waals surface area (Å²) >= 11 is 1.84. The highest BCUT2D eigenvalue weighted by molar-refractivity contribution is 7.99. The van der Waals surface area contributed by atoms with Gasteiger partial charge in [0.15, 0.2) is 0 Å². The average molecular weight is 337 g/mol. The molecular weight excluding hydrogens is 310 g/mol. The van der Waals surface area contributed by atoms with Gasteiger partial charge in [0, 0.05) is 30.4 Å². The average Bonchev–Trinajstić information content (AvgIpc) is 2.52. The van der Waals surface area contributed by atoms with Crippen molar-refractivity contribution in [2.24, 2.45) is 0 Å². The van der Waals surface area contributed by atoms with E-state index in [0.29, 0.717) is 23.8 Å². The monoisotopic (exact) mass is 337 g/mol. The second-order valence-corrected chi connectivity index (χ2v) is 7.04. The Morgan fingerprint density at radius 3 is 2.78 bits per heavy atom. The third kappa shape index (κ3) is 5.52. The summed E-state index contributed by atoms with van der Waals surface area (Å²) in [6.07, 6.45) is 5.18. The zero-order chi connectivity index (χ0) is 16.7. The summed E-state index contributed by atoms with van der Waals surface area (Å²) in [6.45, 7) is 2.78. The second-order valence-electron chi connectivity index (χ2n) is 6.02. The van der Waals surface area contributed by atoms with Crippen molar-refractivity contribution in [1.29, 1.82) is 0 Å². The first-order valence-corrected chi connectivity index (χ1v) is 9.59. The molecule has 1 saturated carbocycles. The SMILES string of the molecule is CCOC1CC(NC(CCC(=O)O)Cc2ccccc2)C1SC. The number of rotatable bonds is 10. The number of hydrogen-bond donors (Lipinski definition) is 2. The molecule has 4 unspecified atom stereocenters. The fraction of sp³-hybridized carbons (Fsp3) is 0.611. The highest BCUT2D eigenvalue weighted by Crippen LogP contribution is 2.34. The predicted molar refractivity (Wildman–Crippen MR) is 95.1 cm³/mol. The third-order valence-corrected chi connectivity index (χ3v) is 5.56. The van der Waals surface area contributed by atoms with E-state index >= 15 is 0 Å². The Labute approximate surface area is 143 Å². The minimum absolute atomic E-state index is 0.190. The zero-order valence-corrected chi connectivity index (χ0v) is 14.7. The fourth-order valence-electron chi connectivity index (χ4n) is 3.18. The van der Waals surface area contributed by atoms with Gasteiger partial charge in [-0.15, -0.1) is 0 Å². The van der Waals surface area contributed by atoms with Crippen molar-refractivity contribution in [3.8, 4) is 0 Å². The van der Waals surface area contributed by atoms with Crippen LogP contribution in [0, 0.1) is 0 Å². The summed E-state index contributed by atoms with van der Waals surface area (Å²) in [7, 11) is 0. The van der Waals surface area contributed by atoms with Crippen molar-refractivity contribution in [1.82, 2.24) is 5.32 Å². The zero-order valence-electron chi connectivity index (χ0n) is 13.9. The molecule has 1 aliphatic carbocycles. The van der Waals surface area contributed by atoms with Gasteiger partial charge >= 0.3 is 5.97 Å². The fourth-order valence-corrected chi connectivity index (χ4v) is 4.19. The van der Waals surface area contributed by atoms with Crippen molar-refractivity contribution in [2.45, 2.75) is 56.0 Å². The first-order chi connectivity index (χ1) is 11.1. The van der Waals surface area contributed by atoms with E-state index in [-0.39, 0.29) is 12.5 Å². The second kappa shape index (κ2) is 9.30. The van der Waals surface area contributed by atoms with Gasteiger partial charge in [-0.2, -0.15) is 11.8 Å². The molecule has 2 rings (SSSR count). The molecule has 4 nitrogen and oxygen atoms in total. The summed E-state index contributed by atoms with van der Waals surface area (Å²) in [5.41, 5.74) is 1.25. The molecule has 23 heavy (non-hydrogen) atoms. The van der Waals surface area contributed by atoms with E-state index in [9.17, 15) is 4.79 Å². The van der Waals surface area contributed by atoms with Crippen molar-refractivity contribution in [2.75, 3.05) is 12.9 Å². The van der Waals surface area contributed by atoms with Crippen molar-refractivity contribution in [3.63, 3.8) is 0 Å². The van der Waals surface area contributed by atoms with E-state index in [1.165, 1.54) is 5.56 Å². The van der Waals surface area contributed by atoms with E-state index in [4.69, 9.17) is 9.84 Å². The van der Waals surface area contributed by atoms with Gasteiger partial charge in [0.2, 0.25) is 0 Å². The van der Waals surface area contributed by atoms with Gasteiger partial charge in [0.05, 0.1) is 6.10 Å². The van der Waals surface area contributed by atoms with Crippen molar-refractivity contribution in [3.05, 3.63) is 35.9 Å². The highest BCUT2D eigenvalue weighted by atomic mass is 32.2. The minimum Gasteiger partial charge on any atom is -0.481 e. The number of carboxylic acid groups (broad SMARTS) is 1. The molecule has 128 valence electrons. The minimum atomic E-state index is -0.730. The normalized spacial score (nSPS) is 24.9. The number of hydrogen-bond acceptors (Lipinski definition) is 4. The van der Waals surface area contributed by atoms with Crippen molar-refractivity contribution >= 4 is 17.7 Å². The Morgan fingerprint density at radius 1 is 1.43 bits per heavy atom. The Bertz CT molecular complexity index is 482. The molecule has 1 aromatic carbocycles. The summed E-state index contributed by atoms with van der Waals surface area (Å²) in [5, 5.41) is 13.1. The van der Waals surface area contributed by atoms with E-state index in [0.717, 1.165) is 19.4 Å². The number of nitrogens with one attached hydrogen (secondary N) is 1. The maximum atomic E-state index is 10.9. The van der Waals surface area contributed by atoms with Gasteiger partial charge < -0.3 is 15.2 Å². The van der Waals surface area contributed by atoms with Gasteiger partial charge in [-0.25, -0.2) is 0 Å². The van der Waals surface area contributed by atoms with E-state index < -0.39 is 5.97 Å². The number of thioether (sulfide) groups is 1. The van der Waals surface area contributed by atoms with Crippen molar-refractivity contribution < 1.29 is 14.6 Å². The van der Waals surface area contributed by atoms with Gasteiger partial charge in [-0.1, -0.05) is 30.3 Å². The highest BCUT2D eigenvalue weighted by Gasteiger charge is 2.41. The van der Waals surface area contributed by atoms with Crippen LogP contribution in [0.5, 0.6) is 0 Å². The van der Waals surface area contributed by atoms with Crippen LogP contribution in [0.15, 0.2) is 30.3 Å². The van der Waals surface area contributed by atoms with Crippen LogP contribution in [0.3, 0.4) is 0 Å². The summed E-state index contributed by atoms with van der Waals surface area (Å²) < 4.78 is 5.75. The lowest BCUT2D eigenvalue weighted by Crippen LogP contribution is -2.59. The molecule has 2 N–H and O–H groups in total. The number of benzene rings is 1. The topological polar surface area (TPSA) is 58.6 Å². The number of carboxylic acids is 1. The van der Waals surface area contributed by atoms with Crippen LogP contribution < -0.4 is 5.32 Å². The van der Waals surface area contributed by atoms with E-state index in [1.54, 1.807) is 0 Å². The molecule has 1 aliphatic rings. The van der Waals surface area contributed by atoms with Crippen LogP contribution in [0.25, 0.3) is 0 Å². The van der Waals surface area contributed by atoms with Crippen LogP contribution in [-0.4, -0.2) is 47.4 Å². The Morgan fingerprint density at radius 2 is 2.17 bits per heavy atom. The van der Waals surface area contributed by atoms with E-state index in [2.05, 4.69) is 23.7 Å². The largest absolute Gasteiger partial charge is 0.481 e. The number of carbonyl (C=O) groups is 1. The van der Waals surface area contributed by atoms with Gasteiger partial charge in [-0.05, 0) is 38.0 Å². The van der Waals surface area contributed by atoms with Crippen LogP contribution >= 0.6 is 11.8 Å². The molecular formula is C18H27NO3S. The lowest BCUT2D eigenvalue weighted by molar-refractivity contribution is -0.137. The molecule has 0 radical (unpaired) electrons. The van der Waals surface area contributed by atoms with Crippen LogP contribution in [0.2, 0.25) is 0 Å². The van der Waals surface area contributed by atoms with Gasteiger partial charge in [-0.3, -0.25) is 4.79 Å². The smallest absolute Gasteiger partial charge is 0.303 e. The van der Waals surface area contributed by atoms with Gasteiger partial charge in [0.25, 0.3) is 0 Å². The predicted octanol–water partition coefficient (Wildman–Crippen LogP) is 2.96. The summed E-state index contributed by atoms with van der Waals surface area (Å²) in [5.74, 6) is -0.730. The molecule has 0 aromatic heterocycles. The first kappa shape index (κ1) is 18.3. The molecule has 0 amide bonds. The molecule has 5 heteroatoms. The Hall–Kier alpha value is -1.04. The number of aliphatic carboxylic acids is 1. The van der Waals surface area contributed by atoms with Gasteiger partial charge in [0.1, 0.15) is 0 Å². The van der Waals surface area contributed by atoms with E-state index in [1.807, 2.05) is 36.9 Å². The lowest BCUT2D eigenvalue weighted by atomic mass is 9.86. The third-order valence-electron chi connectivity index (χ3n) is 4.38. The first-order valence-electron chi connectivity index (χ1n) is 8.30. The molecule has 0 saturated heterocycles. The molecule has 4 atom stereocenters. The Kier molecular flexibility index (Phi) is 7.40. The molecule has 1 fully saturated rings. The maximum Gasteiger partial charge on any atom is 0.303 e. The molecule has 0 spiro atoms. The Balaban J connectivity index is 1.93. The summed E-state index contributed by atoms with van der Waals surface area (Å²) in [6, 6.07) is 10.9. The quantitative estimate of drug-likeness (QED) is 0.687. The van der Waals surface area contributed by atoms with Crippen LogP contribution in [0.4, 0.5) is 0 Å².